The molecule has 1 aromatic heterocycles. The van der Waals surface area contributed by atoms with E-state index in [-0.39, 0.29) is 5.69 Å². The summed E-state index contributed by atoms with van der Waals surface area (Å²) in [7, 11) is 0. The lowest BCUT2D eigenvalue weighted by Crippen LogP contribution is -2.66. The second-order valence-electron chi connectivity index (χ2n) is 9.25. The van der Waals surface area contributed by atoms with Crippen molar-refractivity contribution in [3.05, 3.63) is 65.1 Å². The van der Waals surface area contributed by atoms with Gasteiger partial charge in [-0.3, -0.25) is 14.2 Å². The van der Waals surface area contributed by atoms with Crippen molar-refractivity contribution >= 4 is 11.6 Å². The van der Waals surface area contributed by atoms with Crippen LogP contribution in [0.1, 0.15) is 40.0 Å². The summed E-state index contributed by atoms with van der Waals surface area (Å²) < 4.78 is 41.2. The zero-order valence-corrected chi connectivity index (χ0v) is 20.6. The molecule has 0 bridgehead atoms. The first-order chi connectivity index (χ1) is 17.0. The number of unbranched alkanes of at least 4 members (excludes halogenated alkanes) is 2. The van der Waals surface area contributed by atoms with E-state index in [0.29, 0.717) is 17.8 Å². The minimum absolute atomic E-state index is 0.274. The average Bonchev–Trinajstić information content (AvgIpc) is 2.80. The van der Waals surface area contributed by atoms with Crippen molar-refractivity contribution in [2.24, 2.45) is 5.92 Å². The lowest BCUT2D eigenvalue weighted by Gasteiger charge is -2.41. The number of rotatable bonds is 11. The Labute approximate surface area is 208 Å². The van der Waals surface area contributed by atoms with E-state index in [1.165, 1.54) is 30.7 Å². The standard InChI is InChI=1S/C26H33F3N4O3/c1-4-5-9-15-30-19-12-13-20(18-10-7-6-8-11-18)33(23(19)35)25(14-16-31-25)24(36)32-21(17(2)3)22(34)26(27,28)29/h6-8,10-14,16-17,21-22,30-31,34H,4-5,9,15H2,1-3H3,(H,32,36). The Morgan fingerprint density at radius 3 is 2.33 bits per heavy atom. The summed E-state index contributed by atoms with van der Waals surface area (Å²) in [6.07, 6.45) is -1.96. The fourth-order valence-corrected chi connectivity index (χ4v) is 4.15. The summed E-state index contributed by atoms with van der Waals surface area (Å²) in [6, 6.07) is 10.7. The molecule has 0 radical (unpaired) electrons. The van der Waals surface area contributed by atoms with Gasteiger partial charge < -0.3 is 21.1 Å². The molecule has 36 heavy (non-hydrogen) atoms. The van der Waals surface area contributed by atoms with E-state index in [9.17, 15) is 27.9 Å². The maximum atomic E-state index is 13.7. The van der Waals surface area contributed by atoms with E-state index in [2.05, 4.69) is 22.9 Å². The lowest BCUT2D eigenvalue weighted by atomic mass is 9.95. The van der Waals surface area contributed by atoms with E-state index in [4.69, 9.17) is 0 Å². The van der Waals surface area contributed by atoms with E-state index in [0.717, 1.165) is 19.3 Å². The lowest BCUT2D eigenvalue weighted by molar-refractivity contribution is -0.215. The van der Waals surface area contributed by atoms with Crippen LogP contribution in [0.15, 0.2) is 59.5 Å². The molecule has 0 saturated heterocycles. The SMILES string of the molecule is CCCCCNc1ccc(-c2ccccc2)n(C2(C(=O)NC(C(C)C)C(O)C(F)(F)F)C=CN2)c1=O. The van der Waals surface area contributed by atoms with Gasteiger partial charge in [-0.05, 0) is 42.3 Å². The number of hydrogen-bond acceptors (Lipinski definition) is 5. The molecule has 0 aliphatic carbocycles. The second-order valence-corrected chi connectivity index (χ2v) is 9.25. The summed E-state index contributed by atoms with van der Waals surface area (Å²) in [6.45, 7) is 5.57. The zero-order valence-electron chi connectivity index (χ0n) is 20.6. The molecule has 2 heterocycles. The zero-order chi connectivity index (χ0) is 26.5. The first-order valence-electron chi connectivity index (χ1n) is 12.1. The van der Waals surface area contributed by atoms with Gasteiger partial charge in [-0.1, -0.05) is 63.9 Å². The maximum Gasteiger partial charge on any atom is 0.416 e. The molecular weight excluding hydrogens is 473 g/mol. The van der Waals surface area contributed by atoms with Gasteiger partial charge >= 0.3 is 6.18 Å². The molecule has 3 unspecified atom stereocenters. The fourth-order valence-electron chi connectivity index (χ4n) is 4.15. The first kappa shape index (κ1) is 27.3. The molecule has 2 aromatic rings. The monoisotopic (exact) mass is 506 g/mol. The number of hydrogen-bond donors (Lipinski definition) is 4. The molecular formula is C26H33F3N4O3. The molecule has 1 amide bonds. The first-order valence-corrected chi connectivity index (χ1v) is 12.1. The van der Waals surface area contributed by atoms with Gasteiger partial charge in [-0.25, -0.2) is 0 Å². The number of carbonyl (C=O) groups is 1. The number of amides is 1. The molecule has 4 N–H and O–H groups in total. The van der Waals surface area contributed by atoms with Crippen LogP contribution in [0.4, 0.5) is 18.9 Å². The molecule has 0 spiro atoms. The van der Waals surface area contributed by atoms with Gasteiger partial charge in [0.25, 0.3) is 11.5 Å². The number of pyridine rings is 1. The number of aromatic nitrogens is 1. The van der Waals surface area contributed by atoms with Crippen molar-refractivity contribution in [3.63, 3.8) is 0 Å². The second kappa shape index (κ2) is 11.2. The quantitative estimate of drug-likeness (QED) is 0.346. The highest BCUT2D eigenvalue weighted by Gasteiger charge is 2.49. The van der Waals surface area contributed by atoms with Gasteiger partial charge in [0.05, 0.1) is 11.7 Å². The summed E-state index contributed by atoms with van der Waals surface area (Å²) >= 11 is 0. The van der Waals surface area contributed by atoms with Crippen LogP contribution in [0.2, 0.25) is 0 Å². The van der Waals surface area contributed by atoms with Crippen LogP contribution in [-0.2, 0) is 10.5 Å². The van der Waals surface area contributed by atoms with Crippen LogP contribution >= 0.6 is 0 Å². The van der Waals surface area contributed by atoms with Gasteiger partial charge in [0.2, 0.25) is 5.66 Å². The van der Waals surface area contributed by atoms with Crippen molar-refractivity contribution < 1.29 is 23.1 Å². The summed E-state index contributed by atoms with van der Waals surface area (Å²) in [5.41, 5.74) is -0.948. The number of nitrogens with zero attached hydrogens (tertiary/aromatic N) is 1. The van der Waals surface area contributed by atoms with Crippen molar-refractivity contribution in [3.8, 4) is 11.3 Å². The van der Waals surface area contributed by atoms with Gasteiger partial charge in [0.15, 0.2) is 6.10 Å². The normalized spacial score (nSPS) is 18.8. The summed E-state index contributed by atoms with van der Waals surface area (Å²) in [4.78, 5) is 27.3. The fraction of sp³-hybridized carbons (Fsp3) is 0.462. The molecule has 3 atom stereocenters. The third kappa shape index (κ3) is 5.59. The van der Waals surface area contributed by atoms with Gasteiger partial charge in [-0.15, -0.1) is 0 Å². The minimum Gasteiger partial charge on any atom is -0.382 e. The third-order valence-corrected chi connectivity index (χ3v) is 6.27. The molecule has 3 rings (SSSR count). The van der Waals surface area contributed by atoms with Crippen LogP contribution in [0.3, 0.4) is 0 Å². The Balaban J connectivity index is 2.08. The van der Waals surface area contributed by atoms with Crippen LogP contribution < -0.4 is 21.5 Å². The van der Waals surface area contributed by atoms with Crippen LogP contribution in [0.5, 0.6) is 0 Å². The summed E-state index contributed by atoms with van der Waals surface area (Å²) in [5.74, 6) is -1.61. The Morgan fingerprint density at radius 1 is 1.14 bits per heavy atom. The van der Waals surface area contributed by atoms with E-state index in [1.807, 2.05) is 6.07 Å². The largest absolute Gasteiger partial charge is 0.416 e. The van der Waals surface area contributed by atoms with E-state index >= 15 is 0 Å². The number of benzene rings is 1. The van der Waals surface area contributed by atoms with E-state index in [1.54, 1.807) is 36.4 Å². The topological polar surface area (TPSA) is 95.4 Å². The number of aliphatic hydroxyl groups is 1. The highest BCUT2D eigenvalue weighted by atomic mass is 19.4. The number of nitrogens with one attached hydrogen (secondary N) is 3. The number of halogens is 3. The molecule has 196 valence electrons. The molecule has 0 saturated carbocycles. The molecule has 1 aliphatic rings. The predicted molar refractivity (Wildman–Crippen MR) is 133 cm³/mol. The van der Waals surface area contributed by atoms with Crippen molar-refractivity contribution in [1.82, 2.24) is 15.2 Å². The minimum atomic E-state index is -4.92. The van der Waals surface area contributed by atoms with Crippen LogP contribution in [0.25, 0.3) is 11.3 Å². The predicted octanol–water partition coefficient (Wildman–Crippen LogP) is 3.95. The molecule has 1 aliphatic heterocycles. The molecule has 7 nitrogen and oxygen atoms in total. The van der Waals surface area contributed by atoms with Gasteiger partial charge in [0, 0.05) is 6.54 Å². The number of anilines is 1. The maximum absolute atomic E-state index is 13.7. The Morgan fingerprint density at radius 2 is 1.81 bits per heavy atom. The van der Waals surface area contributed by atoms with Crippen LogP contribution in [0, 0.1) is 5.92 Å². The number of aliphatic hydroxyl groups excluding tert-OH is 1. The highest BCUT2D eigenvalue weighted by Crippen LogP contribution is 2.31. The Kier molecular flexibility index (Phi) is 8.50. The average molecular weight is 507 g/mol. The Bertz CT molecular complexity index is 1130. The number of alkyl halides is 3. The number of carbonyl (C=O) groups excluding carboxylic acids is 1. The van der Waals surface area contributed by atoms with Crippen molar-refractivity contribution in [2.75, 3.05) is 11.9 Å². The van der Waals surface area contributed by atoms with Crippen LogP contribution in [-0.4, -0.2) is 40.4 Å². The molecule has 10 heteroatoms. The Hall–Kier alpha value is -3.27. The molecule has 0 fully saturated rings. The van der Waals surface area contributed by atoms with Gasteiger partial charge in [-0.2, -0.15) is 13.2 Å². The third-order valence-electron chi connectivity index (χ3n) is 6.27. The van der Waals surface area contributed by atoms with Crippen molar-refractivity contribution in [1.29, 1.82) is 0 Å². The van der Waals surface area contributed by atoms with Gasteiger partial charge in [0.1, 0.15) is 5.69 Å². The summed E-state index contributed by atoms with van der Waals surface area (Å²) in [5, 5.41) is 18.2. The van der Waals surface area contributed by atoms with E-state index < -0.39 is 41.4 Å². The molecule has 1 aromatic carbocycles. The van der Waals surface area contributed by atoms with Crippen molar-refractivity contribution in [2.45, 2.75) is 64.0 Å². The smallest absolute Gasteiger partial charge is 0.382 e. The highest BCUT2D eigenvalue weighted by molar-refractivity contribution is 5.89.